The molecule has 0 unspecified atom stereocenters. The molecule has 0 aliphatic carbocycles. The molecule has 0 atom stereocenters. The number of hydrogen-bond donors (Lipinski definition) is 3. The topological polar surface area (TPSA) is 96.2 Å². The van der Waals surface area contributed by atoms with Crippen LogP contribution in [0.4, 0.5) is 11.4 Å². The molecule has 7 nitrogen and oxygen atoms in total. The maximum atomic E-state index is 13.1. The van der Waals surface area contributed by atoms with Crippen molar-refractivity contribution in [3.05, 3.63) is 112 Å². The molecule has 0 radical (unpaired) electrons. The molecule has 1 aliphatic heterocycles. The quantitative estimate of drug-likeness (QED) is 0.250. The molecule has 3 N–H and O–H groups in total. The lowest BCUT2D eigenvalue weighted by atomic mass is 9.98. The standard InChI is InChI=1S/C28H23BrN4O3/c29-21-8-11-23-24(15-21)32-28(36)26(23)27(20-6-1-18(2-7-20)5-12-25(34)35)31-22-9-3-19(4-10-22)16-33-14-13-30-17-33/h1-4,6-11,13-15,17,31H,5,12,16H2,(H,32,36)(H,34,35)/b27-26-. The number of carboxylic acids is 1. The highest BCUT2D eigenvalue weighted by atomic mass is 79.9. The Bertz CT molecular complexity index is 1440. The zero-order valence-corrected chi connectivity index (χ0v) is 20.8. The van der Waals surface area contributed by atoms with Crippen molar-refractivity contribution >= 4 is 50.5 Å². The highest BCUT2D eigenvalue weighted by Crippen LogP contribution is 2.39. The number of carbonyl (C=O) groups excluding carboxylic acids is 1. The van der Waals surface area contributed by atoms with Gasteiger partial charge in [0.15, 0.2) is 0 Å². The molecule has 8 heteroatoms. The zero-order valence-electron chi connectivity index (χ0n) is 19.2. The van der Waals surface area contributed by atoms with Crippen LogP contribution in [0.5, 0.6) is 0 Å². The molecule has 2 heterocycles. The van der Waals surface area contributed by atoms with Crippen LogP contribution < -0.4 is 10.6 Å². The SMILES string of the molecule is O=C(O)CCc1ccc(/C(Nc2ccc(Cn3ccnc3)cc2)=C2/C(=O)Nc3cc(Br)ccc32)cc1. The Morgan fingerprint density at radius 3 is 2.47 bits per heavy atom. The van der Waals surface area contributed by atoms with Crippen molar-refractivity contribution in [2.24, 2.45) is 0 Å². The van der Waals surface area contributed by atoms with Crippen LogP contribution in [0.1, 0.15) is 28.7 Å². The molecule has 1 aliphatic rings. The molecule has 36 heavy (non-hydrogen) atoms. The van der Waals surface area contributed by atoms with Crippen molar-refractivity contribution < 1.29 is 14.7 Å². The van der Waals surface area contributed by atoms with E-state index >= 15 is 0 Å². The van der Waals surface area contributed by atoms with Gasteiger partial charge in [-0.2, -0.15) is 0 Å². The van der Waals surface area contributed by atoms with E-state index in [0.29, 0.717) is 17.7 Å². The van der Waals surface area contributed by atoms with Gasteiger partial charge in [-0.1, -0.05) is 58.4 Å². The van der Waals surface area contributed by atoms with E-state index in [1.807, 2.05) is 77.5 Å². The maximum absolute atomic E-state index is 13.1. The molecule has 0 saturated heterocycles. The van der Waals surface area contributed by atoms with Crippen LogP contribution in [-0.4, -0.2) is 26.5 Å². The predicted molar refractivity (Wildman–Crippen MR) is 143 cm³/mol. The Labute approximate surface area is 216 Å². The van der Waals surface area contributed by atoms with Crippen molar-refractivity contribution in [1.82, 2.24) is 9.55 Å². The number of fused-ring (bicyclic) bond motifs is 1. The molecule has 1 aromatic heterocycles. The van der Waals surface area contributed by atoms with Gasteiger partial charge >= 0.3 is 5.97 Å². The van der Waals surface area contributed by atoms with Crippen LogP contribution in [0.15, 0.2) is 89.9 Å². The van der Waals surface area contributed by atoms with Crippen molar-refractivity contribution in [3.63, 3.8) is 0 Å². The lowest BCUT2D eigenvalue weighted by Gasteiger charge is -2.16. The van der Waals surface area contributed by atoms with Crippen molar-refractivity contribution in [2.75, 3.05) is 10.6 Å². The number of carboxylic acid groups (broad SMARTS) is 1. The first-order valence-electron chi connectivity index (χ1n) is 11.4. The zero-order chi connectivity index (χ0) is 25.1. The molecular weight excluding hydrogens is 520 g/mol. The fraction of sp³-hybridized carbons (Fsp3) is 0.107. The number of aliphatic carboxylic acids is 1. The first-order chi connectivity index (χ1) is 17.5. The molecular formula is C28H23BrN4O3. The number of nitrogens with one attached hydrogen (secondary N) is 2. The first-order valence-corrected chi connectivity index (χ1v) is 12.2. The Hall–Kier alpha value is -4.17. The largest absolute Gasteiger partial charge is 0.481 e. The molecule has 4 aromatic rings. The minimum absolute atomic E-state index is 0.0711. The Morgan fingerprint density at radius 2 is 1.78 bits per heavy atom. The van der Waals surface area contributed by atoms with Crippen LogP contribution >= 0.6 is 15.9 Å². The number of benzene rings is 3. The van der Waals surface area contributed by atoms with E-state index in [9.17, 15) is 9.59 Å². The lowest BCUT2D eigenvalue weighted by Crippen LogP contribution is -2.10. The summed E-state index contributed by atoms with van der Waals surface area (Å²) in [6, 6.07) is 21.4. The third-order valence-corrected chi connectivity index (χ3v) is 6.49. The van der Waals surface area contributed by atoms with Crippen molar-refractivity contribution in [2.45, 2.75) is 19.4 Å². The second-order valence-corrected chi connectivity index (χ2v) is 9.46. The van der Waals surface area contributed by atoms with Crippen molar-refractivity contribution in [3.8, 4) is 0 Å². The summed E-state index contributed by atoms with van der Waals surface area (Å²) in [5.41, 5.74) is 6.53. The molecule has 0 spiro atoms. The van der Waals surface area contributed by atoms with Crippen molar-refractivity contribution in [1.29, 1.82) is 0 Å². The fourth-order valence-corrected chi connectivity index (χ4v) is 4.55. The van der Waals surface area contributed by atoms with Gasteiger partial charge in [-0.05, 0) is 47.4 Å². The molecule has 0 bridgehead atoms. The summed E-state index contributed by atoms with van der Waals surface area (Å²) in [5, 5.41) is 15.4. The number of rotatable bonds is 8. The maximum Gasteiger partial charge on any atom is 0.303 e. The summed E-state index contributed by atoms with van der Waals surface area (Å²) in [6.45, 7) is 0.719. The Kier molecular flexibility index (Phi) is 6.69. The normalized spacial score (nSPS) is 13.8. The van der Waals surface area contributed by atoms with E-state index in [4.69, 9.17) is 5.11 Å². The Balaban J connectivity index is 1.50. The highest BCUT2D eigenvalue weighted by Gasteiger charge is 2.28. The van der Waals surface area contributed by atoms with Gasteiger partial charge in [-0.15, -0.1) is 0 Å². The molecule has 0 fully saturated rings. The summed E-state index contributed by atoms with van der Waals surface area (Å²) in [7, 11) is 0. The number of halogens is 1. The molecule has 1 amide bonds. The number of hydrogen-bond acceptors (Lipinski definition) is 4. The Morgan fingerprint density at radius 1 is 1.03 bits per heavy atom. The monoisotopic (exact) mass is 542 g/mol. The van der Waals surface area contributed by atoms with Gasteiger partial charge < -0.3 is 20.3 Å². The summed E-state index contributed by atoms with van der Waals surface area (Å²) in [5.74, 6) is -1.01. The second-order valence-electron chi connectivity index (χ2n) is 8.54. The third kappa shape index (κ3) is 5.23. The van der Waals surface area contributed by atoms with Gasteiger partial charge in [-0.25, -0.2) is 4.98 Å². The van der Waals surface area contributed by atoms with Crippen LogP contribution in [0.2, 0.25) is 0 Å². The van der Waals surface area contributed by atoms with Gasteiger partial charge in [0.1, 0.15) is 0 Å². The second kappa shape index (κ2) is 10.2. The van der Waals surface area contributed by atoms with Gasteiger partial charge in [0.2, 0.25) is 0 Å². The number of aromatic nitrogens is 2. The van der Waals surface area contributed by atoms with E-state index < -0.39 is 5.97 Å². The number of anilines is 2. The first kappa shape index (κ1) is 23.6. The van der Waals surface area contributed by atoms with Gasteiger partial charge in [0.25, 0.3) is 5.91 Å². The summed E-state index contributed by atoms with van der Waals surface area (Å²) < 4.78 is 2.88. The summed E-state index contributed by atoms with van der Waals surface area (Å²) in [4.78, 5) is 28.2. The predicted octanol–water partition coefficient (Wildman–Crippen LogP) is 5.64. The average molecular weight is 543 g/mol. The fourth-order valence-electron chi connectivity index (χ4n) is 4.19. The average Bonchev–Trinajstić information content (AvgIpc) is 3.49. The number of amides is 1. The molecule has 5 rings (SSSR count). The van der Waals surface area contributed by atoms with Gasteiger partial charge in [0, 0.05) is 41.1 Å². The van der Waals surface area contributed by atoms with E-state index in [-0.39, 0.29) is 12.3 Å². The number of aryl methyl sites for hydroxylation is 1. The van der Waals surface area contributed by atoms with E-state index in [2.05, 4.69) is 31.5 Å². The number of carbonyl (C=O) groups is 2. The lowest BCUT2D eigenvalue weighted by molar-refractivity contribution is -0.137. The minimum atomic E-state index is -0.828. The van der Waals surface area contributed by atoms with Crippen LogP contribution in [0.3, 0.4) is 0 Å². The molecule has 0 saturated carbocycles. The molecule has 3 aromatic carbocycles. The third-order valence-electron chi connectivity index (χ3n) is 5.99. The molecule has 180 valence electrons. The van der Waals surface area contributed by atoms with E-state index in [1.54, 1.807) is 12.5 Å². The van der Waals surface area contributed by atoms with Crippen LogP contribution in [0.25, 0.3) is 11.3 Å². The van der Waals surface area contributed by atoms with E-state index in [0.717, 1.165) is 44.6 Å². The highest BCUT2D eigenvalue weighted by molar-refractivity contribution is 9.10. The smallest absolute Gasteiger partial charge is 0.303 e. The summed E-state index contributed by atoms with van der Waals surface area (Å²) in [6.07, 6.45) is 5.98. The van der Waals surface area contributed by atoms with E-state index in [1.165, 1.54) is 0 Å². The number of nitrogens with zero attached hydrogens (tertiary/aromatic N) is 2. The van der Waals surface area contributed by atoms with Gasteiger partial charge in [0.05, 0.1) is 23.3 Å². The van der Waals surface area contributed by atoms with Gasteiger partial charge in [-0.3, -0.25) is 9.59 Å². The van der Waals surface area contributed by atoms with Crippen LogP contribution in [0, 0.1) is 0 Å². The summed E-state index contributed by atoms with van der Waals surface area (Å²) >= 11 is 3.47. The van der Waals surface area contributed by atoms with Crippen LogP contribution in [-0.2, 0) is 22.6 Å². The number of imidazole rings is 1. The minimum Gasteiger partial charge on any atom is -0.481 e.